The number of benzene rings is 3. The summed E-state index contributed by atoms with van der Waals surface area (Å²) in [7, 11) is 0. The number of carbonyl (C=O) groups excluding carboxylic acids is 2. The molecule has 5 rings (SSSR count). The Bertz CT molecular complexity index is 1330. The second kappa shape index (κ2) is 10.6. The first-order valence-corrected chi connectivity index (χ1v) is 14.1. The number of anilines is 2. The van der Waals surface area contributed by atoms with Crippen LogP contribution in [0.2, 0.25) is 0 Å². The zero-order valence-electron chi connectivity index (χ0n) is 23.6. The van der Waals surface area contributed by atoms with Crippen LogP contribution in [-0.4, -0.2) is 43.0 Å². The van der Waals surface area contributed by atoms with Crippen LogP contribution >= 0.6 is 0 Å². The normalized spacial score (nSPS) is 14.4. The van der Waals surface area contributed by atoms with Crippen molar-refractivity contribution >= 4 is 23.2 Å². The van der Waals surface area contributed by atoms with Crippen molar-refractivity contribution in [2.45, 2.75) is 53.0 Å². The Hall–Kier alpha value is -4.00. The number of rotatable bonds is 9. The highest BCUT2D eigenvalue weighted by molar-refractivity contribution is 6.03. The molecule has 0 saturated heterocycles. The Morgan fingerprint density at radius 3 is 1.85 bits per heavy atom. The average Bonchev–Trinajstić information content (AvgIpc) is 3.18. The number of nitrogens with one attached hydrogen (secondary N) is 1. The first kappa shape index (κ1) is 26.6. The average molecular weight is 527 g/mol. The number of amides is 2. The lowest BCUT2D eigenvalue weighted by Gasteiger charge is -2.44. The summed E-state index contributed by atoms with van der Waals surface area (Å²) in [6, 6.07) is 20.1. The molecule has 2 aliphatic rings. The largest absolute Gasteiger partial charge is 0.456 e. The number of fused-ring (bicyclic) bond motifs is 6. The van der Waals surface area contributed by atoms with Gasteiger partial charge in [0.15, 0.2) is 0 Å². The molecule has 0 fully saturated rings. The molecule has 0 bridgehead atoms. The lowest BCUT2D eigenvalue weighted by atomic mass is 9.75. The molecule has 0 radical (unpaired) electrons. The maximum Gasteiger partial charge on any atom is 0.274 e. The molecular formula is C32H38N4O3. The molecule has 3 aromatic carbocycles. The fourth-order valence-electron chi connectivity index (χ4n) is 6.07. The summed E-state index contributed by atoms with van der Waals surface area (Å²) in [6.07, 6.45) is 1.01. The number of nitrogens with zero attached hydrogens (tertiary/aromatic N) is 3. The Morgan fingerprint density at radius 1 is 0.795 bits per heavy atom. The van der Waals surface area contributed by atoms with Gasteiger partial charge in [-0.3, -0.25) is 15.0 Å². The summed E-state index contributed by atoms with van der Waals surface area (Å²) < 4.78 is 6.67. The van der Waals surface area contributed by atoms with Crippen LogP contribution < -0.4 is 20.0 Å². The van der Waals surface area contributed by atoms with Crippen molar-refractivity contribution in [2.75, 3.05) is 36.0 Å². The van der Waals surface area contributed by atoms with Crippen LogP contribution in [0.4, 0.5) is 11.4 Å². The van der Waals surface area contributed by atoms with Crippen LogP contribution in [0.3, 0.4) is 0 Å². The Labute approximate surface area is 231 Å². The third kappa shape index (κ3) is 4.11. The molecule has 1 N–H and O–H groups in total. The summed E-state index contributed by atoms with van der Waals surface area (Å²) in [5.74, 6) is 0.951. The Balaban J connectivity index is 1.81. The molecule has 2 aliphatic heterocycles. The Morgan fingerprint density at radius 2 is 1.33 bits per heavy atom. The smallest absolute Gasteiger partial charge is 0.274 e. The van der Waals surface area contributed by atoms with E-state index in [1.54, 1.807) is 5.01 Å². The second-order valence-electron chi connectivity index (χ2n) is 9.99. The van der Waals surface area contributed by atoms with Crippen molar-refractivity contribution in [3.63, 3.8) is 0 Å². The summed E-state index contributed by atoms with van der Waals surface area (Å²) >= 11 is 0. The predicted molar refractivity (Wildman–Crippen MR) is 156 cm³/mol. The van der Waals surface area contributed by atoms with Crippen LogP contribution in [0.5, 0.6) is 11.5 Å². The number of hydrogen-bond donors (Lipinski definition) is 1. The summed E-state index contributed by atoms with van der Waals surface area (Å²) in [5, 5.41) is 1.55. The van der Waals surface area contributed by atoms with E-state index in [1.807, 2.05) is 31.2 Å². The van der Waals surface area contributed by atoms with E-state index in [4.69, 9.17) is 4.74 Å². The molecule has 0 atom stereocenters. The highest BCUT2D eigenvalue weighted by Crippen LogP contribution is 2.57. The van der Waals surface area contributed by atoms with Crippen LogP contribution in [0, 0.1) is 0 Å². The maximum atomic E-state index is 14.0. The monoisotopic (exact) mass is 526 g/mol. The van der Waals surface area contributed by atoms with Gasteiger partial charge in [0, 0.05) is 78.4 Å². The minimum Gasteiger partial charge on any atom is -0.456 e. The number of carbonyl (C=O) groups is 2. The van der Waals surface area contributed by atoms with Crippen molar-refractivity contribution in [3.8, 4) is 11.5 Å². The van der Waals surface area contributed by atoms with Gasteiger partial charge >= 0.3 is 0 Å². The molecule has 39 heavy (non-hydrogen) atoms. The SMILES string of the molecule is CCCC(=O)NN1C(=O)c2ccccc2C12c1ccc(N(CC)CC)cc1Oc1cc(N(CC)CC)ccc12. The fourth-order valence-corrected chi connectivity index (χ4v) is 6.07. The Kier molecular flexibility index (Phi) is 7.25. The molecule has 7 heteroatoms. The second-order valence-corrected chi connectivity index (χ2v) is 9.99. The van der Waals surface area contributed by atoms with Crippen molar-refractivity contribution in [1.82, 2.24) is 10.4 Å². The van der Waals surface area contributed by atoms with E-state index in [0.717, 1.165) is 54.2 Å². The number of ether oxygens (including phenoxy) is 1. The highest BCUT2D eigenvalue weighted by atomic mass is 16.5. The van der Waals surface area contributed by atoms with Crippen molar-refractivity contribution < 1.29 is 14.3 Å². The summed E-state index contributed by atoms with van der Waals surface area (Å²) in [6.45, 7) is 13.9. The van der Waals surface area contributed by atoms with Gasteiger partial charge in [0.1, 0.15) is 17.0 Å². The molecule has 3 aromatic rings. The molecule has 204 valence electrons. The van der Waals surface area contributed by atoms with E-state index < -0.39 is 5.54 Å². The van der Waals surface area contributed by atoms with E-state index >= 15 is 0 Å². The maximum absolute atomic E-state index is 14.0. The molecular weight excluding hydrogens is 488 g/mol. The molecule has 7 nitrogen and oxygen atoms in total. The zero-order chi connectivity index (χ0) is 27.7. The predicted octanol–water partition coefficient (Wildman–Crippen LogP) is 6.06. The summed E-state index contributed by atoms with van der Waals surface area (Å²) in [4.78, 5) is 31.6. The minimum absolute atomic E-state index is 0.188. The van der Waals surface area contributed by atoms with Crippen LogP contribution in [-0.2, 0) is 10.3 Å². The van der Waals surface area contributed by atoms with Crippen LogP contribution in [0.25, 0.3) is 0 Å². The van der Waals surface area contributed by atoms with Gasteiger partial charge in [-0.1, -0.05) is 37.3 Å². The van der Waals surface area contributed by atoms with Gasteiger partial charge in [-0.2, -0.15) is 0 Å². The van der Waals surface area contributed by atoms with Crippen molar-refractivity contribution in [1.29, 1.82) is 0 Å². The lowest BCUT2D eigenvalue weighted by molar-refractivity contribution is -0.126. The van der Waals surface area contributed by atoms with E-state index in [0.29, 0.717) is 29.9 Å². The third-order valence-corrected chi connectivity index (χ3v) is 7.99. The van der Waals surface area contributed by atoms with E-state index in [2.05, 4.69) is 79.3 Å². The van der Waals surface area contributed by atoms with Gasteiger partial charge < -0.3 is 14.5 Å². The van der Waals surface area contributed by atoms with Crippen molar-refractivity contribution in [3.05, 3.63) is 82.9 Å². The quantitative estimate of drug-likeness (QED) is 0.367. The molecule has 2 amide bonds. The third-order valence-electron chi connectivity index (χ3n) is 7.99. The number of hydrazine groups is 1. The minimum atomic E-state index is -1.07. The summed E-state index contributed by atoms with van der Waals surface area (Å²) in [5.41, 5.74) is 7.12. The van der Waals surface area contributed by atoms with Gasteiger partial charge in [-0.25, -0.2) is 5.01 Å². The standard InChI is InChI=1S/C32H38N4O3/c1-6-13-30(37)33-36-31(38)24-14-11-12-15-25(24)32(36)26-18-16-22(34(7-2)8-3)20-28(26)39-29-21-23(17-19-27(29)32)35(9-4)10-5/h11-12,14-21H,6-10,13H2,1-5H3,(H,33,37). The molecule has 2 heterocycles. The zero-order valence-corrected chi connectivity index (χ0v) is 23.6. The van der Waals surface area contributed by atoms with Gasteiger partial charge in [0.25, 0.3) is 5.91 Å². The van der Waals surface area contributed by atoms with Crippen LogP contribution in [0.1, 0.15) is 74.5 Å². The van der Waals surface area contributed by atoms with Crippen LogP contribution in [0.15, 0.2) is 60.7 Å². The van der Waals surface area contributed by atoms with E-state index in [-0.39, 0.29) is 11.8 Å². The molecule has 0 saturated carbocycles. The fraction of sp³-hybridized carbons (Fsp3) is 0.375. The van der Waals surface area contributed by atoms with Gasteiger partial charge in [-0.05, 0) is 52.3 Å². The van der Waals surface area contributed by atoms with Gasteiger partial charge in [0.2, 0.25) is 5.91 Å². The first-order valence-electron chi connectivity index (χ1n) is 14.1. The van der Waals surface area contributed by atoms with E-state index in [9.17, 15) is 9.59 Å². The highest BCUT2D eigenvalue weighted by Gasteiger charge is 2.57. The topological polar surface area (TPSA) is 65.1 Å². The first-order chi connectivity index (χ1) is 18.9. The van der Waals surface area contributed by atoms with Gasteiger partial charge in [-0.15, -0.1) is 0 Å². The lowest BCUT2D eigenvalue weighted by Crippen LogP contribution is -2.56. The van der Waals surface area contributed by atoms with Gasteiger partial charge in [0.05, 0.1) is 0 Å². The molecule has 0 aliphatic carbocycles. The van der Waals surface area contributed by atoms with Crippen molar-refractivity contribution in [2.24, 2.45) is 0 Å². The number of hydrogen-bond acceptors (Lipinski definition) is 5. The molecule has 0 aromatic heterocycles. The molecule has 1 spiro atoms. The van der Waals surface area contributed by atoms with E-state index in [1.165, 1.54) is 0 Å². The molecule has 0 unspecified atom stereocenters.